The molecule has 0 saturated heterocycles. The van der Waals surface area contributed by atoms with Crippen LogP contribution in [0.15, 0.2) is 40.3 Å². The Balaban J connectivity index is 1.59. The van der Waals surface area contributed by atoms with E-state index in [9.17, 15) is 4.79 Å². The molecule has 1 aromatic carbocycles. The predicted octanol–water partition coefficient (Wildman–Crippen LogP) is 4.85. The summed E-state index contributed by atoms with van der Waals surface area (Å²) < 4.78 is 8.68. The second-order valence-corrected chi connectivity index (χ2v) is 8.01. The number of hydrogen-bond donors (Lipinski definition) is 1. The summed E-state index contributed by atoms with van der Waals surface area (Å²) in [7, 11) is 0. The highest BCUT2D eigenvalue weighted by molar-refractivity contribution is 9.10. The van der Waals surface area contributed by atoms with E-state index in [1.165, 1.54) is 16.9 Å². The Morgan fingerprint density at radius 2 is 2.19 bits per heavy atom. The van der Waals surface area contributed by atoms with Crippen molar-refractivity contribution in [2.24, 2.45) is 0 Å². The van der Waals surface area contributed by atoms with Crippen LogP contribution in [0, 0.1) is 13.8 Å². The van der Waals surface area contributed by atoms with Gasteiger partial charge in [0.2, 0.25) is 0 Å². The molecule has 1 amide bonds. The molecule has 0 radical (unpaired) electrons. The number of hydrogen-bond acceptors (Lipinski definition) is 4. The van der Waals surface area contributed by atoms with Gasteiger partial charge in [0, 0.05) is 12.1 Å². The molecule has 0 unspecified atom stereocenters. The minimum Gasteiger partial charge on any atom is -0.489 e. The van der Waals surface area contributed by atoms with Gasteiger partial charge in [-0.3, -0.25) is 9.48 Å². The van der Waals surface area contributed by atoms with Crippen molar-refractivity contribution < 1.29 is 9.53 Å². The molecule has 0 aliphatic rings. The quantitative estimate of drug-likeness (QED) is 0.562. The number of aryl methyl sites for hydroxylation is 2. The Morgan fingerprint density at radius 1 is 1.37 bits per heavy atom. The van der Waals surface area contributed by atoms with Gasteiger partial charge >= 0.3 is 0 Å². The van der Waals surface area contributed by atoms with Crippen LogP contribution in [-0.2, 0) is 19.7 Å². The van der Waals surface area contributed by atoms with E-state index in [-0.39, 0.29) is 5.91 Å². The molecule has 0 saturated carbocycles. The Kier molecular flexibility index (Phi) is 6.34. The number of thiophene rings is 1. The van der Waals surface area contributed by atoms with Crippen LogP contribution in [0.5, 0.6) is 5.75 Å². The van der Waals surface area contributed by atoms with Crippen molar-refractivity contribution in [3.63, 3.8) is 0 Å². The number of carbonyl (C=O) groups is 1. The lowest BCUT2D eigenvalue weighted by atomic mass is 10.1. The fourth-order valence-corrected chi connectivity index (χ4v) is 3.95. The number of nitrogens with zero attached hydrogens (tertiary/aromatic N) is 2. The Labute approximate surface area is 171 Å². The number of nitrogens with one attached hydrogen (secondary N) is 1. The Bertz CT molecular complexity index is 949. The number of aromatic nitrogens is 2. The standard InChI is InChI=1S/C20H22BrN3O2S/c1-4-24-17(16(21)9-23-24)10-22-20(25)19-8-15(12-27-19)11-26-18-7-5-6-13(2)14(18)3/h5-9,12H,4,10-11H2,1-3H3,(H,22,25). The van der Waals surface area contributed by atoms with Crippen molar-refractivity contribution >= 4 is 33.2 Å². The van der Waals surface area contributed by atoms with Crippen LogP contribution in [0.3, 0.4) is 0 Å². The minimum absolute atomic E-state index is 0.0891. The molecule has 142 valence electrons. The first-order chi connectivity index (χ1) is 13.0. The summed E-state index contributed by atoms with van der Waals surface area (Å²) in [4.78, 5) is 13.1. The first-order valence-corrected chi connectivity index (χ1v) is 10.4. The molecule has 0 spiro atoms. The maximum absolute atomic E-state index is 12.5. The lowest BCUT2D eigenvalue weighted by Crippen LogP contribution is -2.23. The number of carbonyl (C=O) groups excluding carboxylic acids is 1. The van der Waals surface area contributed by atoms with Crippen LogP contribution in [-0.4, -0.2) is 15.7 Å². The van der Waals surface area contributed by atoms with E-state index in [0.717, 1.165) is 33.6 Å². The summed E-state index contributed by atoms with van der Waals surface area (Å²) in [6, 6.07) is 7.91. The molecule has 1 N–H and O–H groups in total. The van der Waals surface area contributed by atoms with Gasteiger partial charge in [0.05, 0.1) is 27.8 Å². The lowest BCUT2D eigenvalue weighted by molar-refractivity contribution is 0.0954. The van der Waals surface area contributed by atoms with Crippen LogP contribution < -0.4 is 10.1 Å². The van der Waals surface area contributed by atoms with E-state index >= 15 is 0 Å². The van der Waals surface area contributed by atoms with E-state index in [0.29, 0.717) is 18.0 Å². The predicted molar refractivity (Wildman–Crippen MR) is 111 cm³/mol. The number of rotatable bonds is 7. The third-order valence-electron chi connectivity index (χ3n) is 4.44. The average Bonchev–Trinajstić information content (AvgIpc) is 3.27. The maximum Gasteiger partial charge on any atom is 0.261 e. The van der Waals surface area contributed by atoms with E-state index in [1.54, 1.807) is 6.20 Å². The third-order valence-corrected chi connectivity index (χ3v) is 6.08. The van der Waals surface area contributed by atoms with E-state index in [1.807, 2.05) is 35.2 Å². The fraction of sp³-hybridized carbons (Fsp3) is 0.300. The van der Waals surface area contributed by atoms with Crippen LogP contribution in [0.25, 0.3) is 0 Å². The van der Waals surface area contributed by atoms with Gasteiger partial charge in [0.1, 0.15) is 12.4 Å². The number of benzene rings is 1. The van der Waals surface area contributed by atoms with Crippen LogP contribution >= 0.6 is 27.3 Å². The van der Waals surface area contributed by atoms with Crippen LogP contribution in [0.1, 0.15) is 39.0 Å². The van der Waals surface area contributed by atoms with Crippen molar-refractivity contribution in [1.29, 1.82) is 0 Å². The molecule has 2 aromatic heterocycles. The van der Waals surface area contributed by atoms with Crippen molar-refractivity contribution in [3.05, 3.63) is 67.6 Å². The fourth-order valence-electron chi connectivity index (χ4n) is 2.70. The molecule has 0 aliphatic heterocycles. The van der Waals surface area contributed by atoms with E-state index < -0.39 is 0 Å². The molecule has 3 aromatic rings. The van der Waals surface area contributed by atoms with E-state index in [4.69, 9.17) is 4.74 Å². The van der Waals surface area contributed by atoms with E-state index in [2.05, 4.69) is 46.3 Å². The molecule has 5 nitrogen and oxygen atoms in total. The smallest absolute Gasteiger partial charge is 0.261 e. The lowest BCUT2D eigenvalue weighted by Gasteiger charge is -2.10. The SMILES string of the molecule is CCn1ncc(Br)c1CNC(=O)c1cc(COc2cccc(C)c2C)cs1. The van der Waals surface area contributed by atoms with Gasteiger partial charge in [-0.15, -0.1) is 11.3 Å². The van der Waals surface area contributed by atoms with Crippen LogP contribution in [0.2, 0.25) is 0 Å². The molecule has 27 heavy (non-hydrogen) atoms. The minimum atomic E-state index is -0.0891. The number of ether oxygens (including phenoxy) is 1. The highest BCUT2D eigenvalue weighted by atomic mass is 79.9. The second-order valence-electron chi connectivity index (χ2n) is 6.24. The van der Waals surface area contributed by atoms with Crippen molar-refractivity contribution in [2.75, 3.05) is 0 Å². The largest absolute Gasteiger partial charge is 0.489 e. The third kappa shape index (κ3) is 4.59. The molecule has 3 rings (SSSR count). The summed E-state index contributed by atoms with van der Waals surface area (Å²) in [6.07, 6.45) is 1.75. The van der Waals surface area contributed by atoms with Gasteiger partial charge in [-0.2, -0.15) is 5.10 Å². The molecule has 2 heterocycles. The summed E-state index contributed by atoms with van der Waals surface area (Å²) in [6.45, 7) is 7.78. The summed E-state index contributed by atoms with van der Waals surface area (Å²) in [5, 5.41) is 9.18. The maximum atomic E-state index is 12.5. The first-order valence-electron chi connectivity index (χ1n) is 8.74. The normalized spacial score (nSPS) is 10.8. The van der Waals surface area contributed by atoms with Gasteiger partial charge in [-0.1, -0.05) is 12.1 Å². The molecular weight excluding hydrogens is 426 g/mol. The first kappa shape index (κ1) is 19.6. The molecule has 0 aliphatic carbocycles. The van der Waals surface area contributed by atoms with Crippen molar-refractivity contribution in [1.82, 2.24) is 15.1 Å². The summed E-state index contributed by atoms with van der Waals surface area (Å²) in [5.41, 5.74) is 4.30. The van der Waals surface area contributed by atoms with Gasteiger partial charge < -0.3 is 10.1 Å². The van der Waals surface area contributed by atoms with Gasteiger partial charge in [-0.05, 0) is 65.3 Å². The highest BCUT2D eigenvalue weighted by Crippen LogP contribution is 2.23. The zero-order valence-corrected chi connectivity index (χ0v) is 18.0. The Morgan fingerprint density at radius 3 is 2.96 bits per heavy atom. The molecule has 0 fully saturated rings. The summed E-state index contributed by atoms with van der Waals surface area (Å²) in [5.74, 6) is 0.790. The number of halogens is 1. The molecular formula is C20H22BrN3O2S. The molecule has 7 heteroatoms. The summed E-state index contributed by atoms with van der Waals surface area (Å²) >= 11 is 4.90. The van der Waals surface area contributed by atoms with Gasteiger partial charge in [0.15, 0.2) is 0 Å². The van der Waals surface area contributed by atoms with Crippen molar-refractivity contribution in [3.8, 4) is 5.75 Å². The molecule has 0 atom stereocenters. The molecule has 0 bridgehead atoms. The zero-order chi connectivity index (χ0) is 19.4. The number of amides is 1. The van der Waals surface area contributed by atoms with Gasteiger partial charge in [0.25, 0.3) is 5.91 Å². The van der Waals surface area contributed by atoms with Crippen molar-refractivity contribution in [2.45, 2.75) is 40.5 Å². The Hall–Kier alpha value is -2.12. The topological polar surface area (TPSA) is 56.2 Å². The zero-order valence-electron chi connectivity index (χ0n) is 15.6. The second kappa shape index (κ2) is 8.71. The van der Waals surface area contributed by atoms with Gasteiger partial charge in [-0.25, -0.2) is 0 Å². The average molecular weight is 448 g/mol. The highest BCUT2D eigenvalue weighted by Gasteiger charge is 2.13. The monoisotopic (exact) mass is 447 g/mol. The van der Waals surface area contributed by atoms with Crippen LogP contribution in [0.4, 0.5) is 0 Å².